The van der Waals surface area contributed by atoms with E-state index in [-0.39, 0.29) is 5.75 Å². The number of benzene rings is 1. The Morgan fingerprint density at radius 3 is 2.09 bits per heavy atom. The summed E-state index contributed by atoms with van der Waals surface area (Å²) in [5.41, 5.74) is 0.629. The van der Waals surface area contributed by atoms with E-state index in [1.807, 2.05) is 45.2 Å². The lowest BCUT2D eigenvalue weighted by molar-refractivity contribution is 0.474. The van der Waals surface area contributed by atoms with E-state index in [1.165, 1.54) is 0 Å². The van der Waals surface area contributed by atoms with Crippen molar-refractivity contribution < 1.29 is 5.11 Å². The normalized spacial score (nSPS) is 9.18. The Labute approximate surface area is 91.5 Å². The van der Waals surface area contributed by atoms with E-state index in [0.717, 1.165) is 7.14 Å². The van der Waals surface area contributed by atoms with Crippen LogP contribution in [0.3, 0.4) is 0 Å². The third kappa shape index (κ3) is 1.96. The van der Waals surface area contributed by atoms with Crippen LogP contribution in [0.25, 0.3) is 0 Å². The molecule has 0 bridgehead atoms. The molecule has 0 aliphatic carbocycles. The number of hydrogen-bond acceptors (Lipinski definition) is 2. The molecule has 0 saturated carbocycles. The Hall–Kier alpha value is -0.0300. The second-order valence-electron chi connectivity index (χ2n) is 1.90. The van der Waals surface area contributed by atoms with Gasteiger partial charge in [0.2, 0.25) is 0 Å². The number of hydrogen-bond donors (Lipinski definition) is 1. The molecule has 0 saturated heterocycles. The van der Waals surface area contributed by atoms with Gasteiger partial charge in [-0.15, -0.1) is 0 Å². The fourth-order valence-corrected chi connectivity index (χ4v) is 2.64. The smallest absolute Gasteiger partial charge is 0.117 e. The number of rotatable bonds is 0. The van der Waals surface area contributed by atoms with Crippen LogP contribution in [-0.4, -0.2) is 5.11 Å². The van der Waals surface area contributed by atoms with Gasteiger partial charge in [-0.25, -0.2) is 0 Å². The molecule has 0 amide bonds. The maximum atomic E-state index is 9.09. The molecule has 1 N–H and O–H groups in total. The highest BCUT2D eigenvalue weighted by Crippen LogP contribution is 2.23. The molecule has 1 aromatic rings. The summed E-state index contributed by atoms with van der Waals surface area (Å²) in [7, 11) is 0. The van der Waals surface area contributed by atoms with Crippen molar-refractivity contribution in [2.75, 3.05) is 0 Å². The van der Waals surface area contributed by atoms with E-state index in [4.69, 9.17) is 10.4 Å². The fraction of sp³-hybridized carbons (Fsp3) is 0. The van der Waals surface area contributed by atoms with Crippen molar-refractivity contribution >= 4 is 45.2 Å². The van der Waals surface area contributed by atoms with Gasteiger partial charge in [0.05, 0.1) is 5.56 Å². The van der Waals surface area contributed by atoms with Crippen molar-refractivity contribution in [3.8, 4) is 11.8 Å². The molecule has 0 unspecified atom stereocenters. The maximum Gasteiger partial charge on any atom is 0.117 e. The van der Waals surface area contributed by atoms with Gasteiger partial charge in [-0.05, 0) is 57.3 Å². The van der Waals surface area contributed by atoms with Gasteiger partial charge in [0.1, 0.15) is 11.8 Å². The number of nitrogens with zero attached hydrogens (tertiary/aromatic N) is 1. The molecule has 1 aromatic carbocycles. The van der Waals surface area contributed by atoms with Gasteiger partial charge in [0, 0.05) is 7.14 Å². The molecular weight excluding hydrogens is 368 g/mol. The molecule has 0 aliphatic heterocycles. The van der Waals surface area contributed by atoms with Crippen LogP contribution >= 0.6 is 45.2 Å². The summed E-state index contributed by atoms with van der Waals surface area (Å²) in [4.78, 5) is 0. The summed E-state index contributed by atoms with van der Waals surface area (Å²) in [6, 6.07) is 5.21. The minimum atomic E-state index is 0.206. The second kappa shape index (κ2) is 3.58. The lowest BCUT2D eigenvalue weighted by Gasteiger charge is -1.98. The van der Waals surface area contributed by atoms with Gasteiger partial charge in [-0.2, -0.15) is 5.26 Å². The molecule has 56 valence electrons. The highest BCUT2D eigenvalue weighted by atomic mass is 127. The molecule has 0 aliphatic rings. The van der Waals surface area contributed by atoms with Crippen LogP contribution in [0.4, 0.5) is 0 Å². The minimum Gasteiger partial charge on any atom is -0.508 e. The molecular formula is C7H3I2NO. The summed E-state index contributed by atoms with van der Waals surface area (Å²) in [5, 5.41) is 17.7. The Kier molecular flexibility index (Phi) is 2.95. The zero-order valence-electron chi connectivity index (χ0n) is 5.31. The van der Waals surface area contributed by atoms with Gasteiger partial charge in [0.25, 0.3) is 0 Å². The largest absolute Gasteiger partial charge is 0.508 e. The number of phenolic OH excluding ortho intramolecular Hbond substituents is 1. The standard InChI is InChI=1S/C7H3I2NO/c8-6-1-4(11)2-7(9)5(6)3-10/h1-2,11H. The predicted molar refractivity (Wildman–Crippen MR) is 58.3 cm³/mol. The second-order valence-corrected chi connectivity index (χ2v) is 4.22. The first-order valence-electron chi connectivity index (χ1n) is 2.73. The molecule has 2 nitrogen and oxygen atoms in total. The van der Waals surface area contributed by atoms with Gasteiger partial charge < -0.3 is 5.11 Å². The van der Waals surface area contributed by atoms with E-state index in [1.54, 1.807) is 12.1 Å². The van der Waals surface area contributed by atoms with Crippen LogP contribution in [0.1, 0.15) is 5.56 Å². The Balaban J connectivity index is 3.40. The van der Waals surface area contributed by atoms with Crippen LogP contribution in [0, 0.1) is 18.5 Å². The van der Waals surface area contributed by atoms with Crippen molar-refractivity contribution in [3.05, 3.63) is 24.8 Å². The van der Waals surface area contributed by atoms with Crippen LogP contribution in [-0.2, 0) is 0 Å². The summed E-state index contributed by atoms with van der Waals surface area (Å²) < 4.78 is 1.57. The lowest BCUT2D eigenvalue weighted by Crippen LogP contribution is -1.85. The molecule has 0 aromatic heterocycles. The van der Waals surface area contributed by atoms with Crippen LogP contribution in [0.5, 0.6) is 5.75 Å². The van der Waals surface area contributed by atoms with Crippen molar-refractivity contribution in [1.29, 1.82) is 5.26 Å². The first kappa shape index (κ1) is 9.06. The number of phenols is 1. The highest BCUT2D eigenvalue weighted by Gasteiger charge is 2.04. The van der Waals surface area contributed by atoms with Crippen LogP contribution < -0.4 is 0 Å². The molecule has 0 fully saturated rings. The number of nitriles is 1. The minimum absolute atomic E-state index is 0.206. The average Bonchev–Trinajstić information content (AvgIpc) is 1.85. The monoisotopic (exact) mass is 371 g/mol. The molecule has 11 heavy (non-hydrogen) atoms. The van der Waals surface area contributed by atoms with Crippen molar-refractivity contribution in [1.82, 2.24) is 0 Å². The molecule has 0 atom stereocenters. The van der Waals surface area contributed by atoms with Gasteiger partial charge >= 0.3 is 0 Å². The Morgan fingerprint density at radius 1 is 1.27 bits per heavy atom. The summed E-state index contributed by atoms with van der Waals surface area (Å²) in [6.07, 6.45) is 0. The van der Waals surface area contributed by atoms with E-state index in [9.17, 15) is 0 Å². The van der Waals surface area contributed by atoms with Gasteiger partial charge in [-0.3, -0.25) is 0 Å². The molecule has 0 heterocycles. The SMILES string of the molecule is N#Cc1c(I)cc(O)cc1I. The summed E-state index contributed by atoms with van der Waals surface area (Å²) >= 11 is 4.05. The van der Waals surface area contributed by atoms with E-state index >= 15 is 0 Å². The summed E-state index contributed by atoms with van der Waals surface area (Å²) in [5.74, 6) is 0.206. The van der Waals surface area contributed by atoms with Crippen molar-refractivity contribution in [2.45, 2.75) is 0 Å². The van der Waals surface area contributed by atoms with Crippen LogP contribution in [0.15, 0.2) is 12.1 Å². The zero-order chi connectivity index (χ0) is 8.43. The maximum absolute atomic E-state index is 9.09. The van der Waals surface area contributed by atoms with Crippen molar-refractivity contribution in [3.63, 3.8) is 0 Å². The Bertz CT molecular complexity index is 307. The molecule has 0 spiro atoms. The highest BCUT2D eigenvalue weighted by molar-refractivity contribution is 14.1. The molecule has 1 rings (SSSR count). The average molecular weight is 371 g/mol. The third-order valence-corrected chi connectivity index (χ3v) is 2.84. The van der Waals surface area contributed by atoms with Gasteiger partial charge in [-0.1, -0.05) is 0 Å². The Morgan fingerprint density at radius 2 is 1.73 bits per heavy atom. The van der Waals surface area contributed by atoms with E-state index in [0.29, 0.717) is 5.56 Å². The topological polar surface area (TPSA) is 44.0 Å². The van der Waals surface area contributed by atoms with Crippen molar-refractivity contribution in [2.24, 2.45) is 0 Å². The van der Waals surface area contributed by atoms with Crippen LogP contribution in [0.2, 0.25) is 0 Å². The first-order chi connectivity index (χ1) is 5.15. The quantitative estimate of drug-likeness (QED) is 0.713. The number of aromatic hydroxyl groups is 1. The van der Waals surface area contributed by atoms with E-state index in [2.05, 4.69) is 6.07 Å². The molecule has 0 radical (unpaired) electrons. The predicted octanol–water partition coefficient (Wildman–Crippen LogP) is 2.47. The fourth-order valence-electron chi connectivity index (χ4n) is 0.667. The third-order valence-electron chi connectivity index (χ3n) is 1.14. The first-order valence-corrected chi connectivity index (χ1v) is 4.89. The molecule has 4 heteroatoms. The zero-order valence-corrected chi connectivity index (χ0v) is 9.62. The van der Waals surface area contributed by atoms with Gasteiger partial charge in [0.15, 0.2) is 0 Å². The summed E-state index contributed by atoms with van der Waals surface area (Å²) in [6.45, 7) is 0. The lowest BCUT2D eigenvalue weighted by atomic mass is 10.2. The number of halogens is 2. The van der Waals surface area contributed by atoms with E-state index < -0.39 is 0 Å².